The third-order valence-corrected chi connectivity index (χ3v) is 3.74. The second-order valence-corrected chi connectivity index (χ2v) is 5.93. The lowest BCUT2D eigenvalue weighted by molar-refractivity contribution is -0.128. The van der Waals surface area contributed by atoms with Crippen LogP contribution >= 0.6 is 0 Å². The molecular weight excluding hydrogens is 234 g/mol. The lowest BCUT2D eigenvalue weighted by atomic mass is 10.0. The first kappa shape index (κ1) is 18.5. The Morgan fingerprint density at radius 2 is 1.05 bits per heavy atom. The van der Waals surface area contributed by atoms with E-state index in [0.717, 1.165) is 12.8 Å². The van der Waals surface area contributed by atoms with Gasteiger partial charge in [0, 0.05) is 20.5 Å². The Bertz CT molecular complexity index is 201. The summed E-state index contributed by atoms with van der Waals surface area (Å²) < 4.78 is 0. The van der Waals surface area contributed by atoms with Crippen LogP contribution in [-0.4, -0.2) is 24.9 Å². The minimum Gasteiger partial charge on any atom is -0.349 e. The fraction of sp³-hybridized carbons (Fsp3) is 0.941. The van der Waals surface area contributed by atoms with Crippen LogP contribution in [0.25, 0.3) is 0 Å². The number of amides is 1. The van der Waals surface area contributed by atoms with Gasteiger partial charge in [0.2, 0.25) is 5.91 Å². The minimum absolute atomic E-state index is 0.270. The first-order valence-electron chi connectivity index (χ1n) is 8.38. The van der Waals surface area contributed by atoms with Gasteiger partial charge >= 0.3 is 0 Å². The third-order valence-electron chi connectivity index (χ3n) is 3.74. The molecule has 0 aromatic carbocycles. The molecule has 2 nitrogen and oxygen atoms in total. The number of rotatable bonds is 13. The highest BCUT2D eigenvalue weighted by molar-refractivity contribution is 5.75. The van der Waals surface area contributed by atoms with Gasteiger partial charge in [-0.3, -0.25) is 4.79 Å². The van der Waals surface area contributed by atoms with Gasteiger partial charge in [-0.25, -0.2) is 0 Å². The first-order valence-corrected chi connectivity index (χ1v) is 8.38. The largest absolute Gasteiger partial charge is 0.349 e. The van der Waals surface area contributed by atoms with E-state index in [9.17, 15) is 4.79 Å². The molecule has 0 radical (unpaired) electrons. The lowest BCUT2D eigenvalue weighted by Crippen LogP contribution is -2.20. The molecule has 0 aromatic rings. The topological polar surface area (TPSA) is 20.3 Å². The van der Waals surface area contributed by atoms with E-state index in [1.54, 1.807) is 4.90 Å². The number of hydrogen-bond donors (Lipinski definition) is 0. The molecule has 0 aromatic heterocycles. The molecule has 19 heavy (non-hydrogen) atoms. The summed E-state index contributed by atoms with van der Waals surface area (Å²) in [7, 11) is 3.67. The van der Waals surface area contributed by atoms with Crippen molar-refractivity contribution < 1.29 is 4.79 Å². The van der Waals surface area contributed by atoms with E-state index in [4.69, 9.17) is 0 Å². The molecule has 1 amide bonds. The Hall–Kier alpha value is -0.530. The summed E-state index contributed by atoms with van der Waals surface area (Å²) in [6, 6.07) is 0. The SMILES string of the molecule is CCCCCCCCCCCCCCC(=O)N(C)C. The van der Waals surface area contributed by atoms with Crippen LogP contribution in [-0.2, 0) is 4.79 Å². The number of hydrogen-bond acceptors (Lipinski definition) is 1. The molecule has 0 aliphatic carbocycles. The van der Waals surface area contributed by atoms with Gasteiger partial charge in [-0.1, -0.05) is 77.6 Å². The monoisotopic (exact) mass is 269 g/mol. The summed E-state index contributed by atoms with van der Waals surface area (Å²) in [5.74, 6) is 0.270. The fourth-order valence-corrected chi connectivity index (χ4v) is 2.34. The first-order chi connectivity index (χ1) is 9.18. The number of unbranched alkanes of at least 4 members (excludes halogenated alkanes) is 11. The van der Waals surface area contributed by atoms with Gasteiger partial charge in [0.05, 0.1) is 0 Å². The predicted octanol–water partition coefficient (Wildman–Crippen LogP) is 5.17. The van der Waals surface area contributed by atoms with Crippen molar-refractivity contribution in [2.24, 2.45) is 0 Å². The highest BCUT2D eigenvalue weighted by atomic mass is 16.2. The predicted molar refractivity (Wildman–Crippen MR) is 84.4 cm³/mol. The van der Waals surface area contributed by atoms with Crippen molar-refractivity contribution in [3.8, 4) is 0 Å². The average molecular weight is 269 g/mol. The van der Waals surface area contributed by atoms with Crippen LogP contribution in [0, 0.1) is 0 Å². The Balaban J connectivity index is 3.05. The van der Waals surface area contributed by atoms with Crippen LogP contribution in [0.5, 0.6) is 0 Å². The van der Waals surface area contributed by atoms with Gasteiger partial charge in [-0.15, -0.1) is 0 Å². The van der Waals surface area contributed by atoms with E-state index in [1.807, 2.05) is 14.1 Å². The molecule has 0 aliphatic rings. The number of carbonyl (C=O) groups is 1. The maximum absolute atomic E-state index is 11.4. The van der Waals surface area contributed by atoms with Gasteiger partial charge in [-0.05, 0) is 6.42 Å². The molecule has 0 rings (SSSR count). The standard InChI is InChI=1S/C17H35NO/c1-4-5-6-7-8-9-10-11-12-13-14-15-16-17(19)18(2)3/h4-16H2,1-3H3. The average Bonchev–Trinajstić information content (AvgIpc) is 2.39. The molecular formula is C17H35NO. The van der Waals surface area contributed by atoms with Crippen LogP contribution in [0.4, 0.5) is 0 Å². The van der Waals surface area contributed by atoms with Gasteiger partial charge < -0.3 is 4.90 Å². The number of nitrogens with zero attached hydrogens (tertiary/aromatic N) is 1. The highest BCUT2D eigenvalue weighted by Gasteiger charge is 2.02. The minimum atomic E-state index is 0.270. The zero-order valence-corrected chi connectivity index (χ0v) is 13.5. The van der Waals surface area contributed by atoms with E-state index in [1.165, 1.54) is 70.6 Å². The molecule has 0 heterocycles. The Kier molecular flexibility index (Phi) is 13.5. The van der Waals surface area contributed by atoms with Crippen molar-refractivity contribution in [2.45, 2.75) is 90.4 Å². The Labute approximate surface area is 120 Å². The molecule has 0 unspecified atom stereocenters. The molecule has 0 bridgehead atoms. The fourth-order valence-electron chi connectivity index (χ4n) is 2.34. The zero-order chi connectivity index (χ0) is 14.3. The second kappa shape index (κ2) is 13.9. The molecule has 0 fully saturated rings. The maximum Gasteiger partial charge on any atom is 0.222 e. The van der Waals surface area contributed by atoms with E-state index in [0.29, 0.717) is 0 Å². The maximum atomic E-state index is 11.4. The van der Waals surface area contributed by atoms with Crippen molar-refractivity contribution >= 4 is 5.91 Å². The lowest BCUT2D eigenvalue weighted by Gasteiger charge is -2.09. The van der Waals surface area contributed by atoms with Crippen molar-refractivity contribution in [1.82, 2.24) is 4.90 Å². The quantitative estimate of drug-likeness (QED) is 0.423. The van der Waals surface area contributed by atoms with Crippen LogP contribution < -0.4 is 0 Å². The molecule has 0 saturated heterocycles. The van der Waals surface area contributed by atoms with Gasteiger partial charge in [0.25, 0.3) is 0 Å². The second-order valence-electron chi connectivity index (χ2n) is 5.93. The Morgan fingerprint density at radius 3 is 1.42 bits per heavy atom. The van der Waals surface area contributed by atoms with E-state index < -0.39 is 0 Å². The van der Waals surface area contributed by atoms with Gasteiger partial charge in [0.15, 0.2) is 0 Å². The van der Waals surface area contributed by atoms with Crippen LogP contribution in [0.15, 0.2) is 0 Å². The molecule has 0 spiro atoms. The molecule has 2 heteroatoms. The smallest absolute Gasteiger partial charge is 0.222 e. The van der Waals surface area contributed by atoms with Crippen LogP contribution in [0.1, 0.15) is 90.4 Å². The van der Waals surface area contributed by atoms with Crippen molar-refractivity contribution in [3.63, 3.8) is 0 Å². The zero-order valence-electron chi connectivity index (χ0n) is 13.5. The van der Waals surface area contributed by atoms with E-state index >= 15 is 0 Å². The van der Waals surface area contributed by atoms with Crippen LogP contribution in [0.3, 0.4) is 0 Å². The summed E-state index contributed by atoms with van der Waals surface area (Å²) in [6.45, 7) is 2.27. The van der Waals surface area contributed by atoms with Crippen molar-refractivity contribution in [3.05, 3.63) is 0 Å². The number of carbonyl (C=O) groups excluding carboxylic acids is 1. The van der Waals surface area contributed by atoms with Gasteiger partial charge in [0.1, 0.15) is 0 Å². The molecule has 0 aliphatic heterocycles. The van der Waals surface area contributed by atoms with Crippen molar-refractivity contribution in [2.75, 3.05) is 14.1 Å². The summed E-state index contributed by atoms with van der Waals surface area (Å²) in [5, 5.41) is 0. The summed E-state index contributed by atoms with van der Waals surface area (Å²) in [6.07, 6.45) is 16.9. The van der Waals surface area contributed by atoms with Crippen LogP contribution in [0.2, 0.25) is 0 Å². The molecule has 0 N–H and O–H groups in total. The molecule has 0 saturated carbocycles. The summed E-state index contributed by atoms with van der Waals surface area (Å²) in [4.78, 5) is 13.0. The highest BCUT2D eigenvalue weighted by Crippen LogP contribution is 2.12. The third kappa shape index (κ3) is 13.7. The van der Waals surface area contributed by atoms with E-state index in [-0.39, 0.29) is 5.91 Å². The Morgan fingerprint density at radius 1 is 0.684 bits per heavy atom. The summed E-state index contributed by atoms with van der Waals surface area (Å²) >= 11 is 0. The van der Waals surface area contributed by atoms with Crippen molar-refractivity contribution in [1.29, 1.82) is 0 Å². The van der Waals surface area contributed by atoms with Gasteiger partial charge in [-0.2, -0.15) is 0 Å². The normalized spacial score (nSPS) is 10.7. The molecule has 0 atom stereocenters. The summed E-state index contributed by atoms with van der Waals surface area (Å²) in [5.41, 5.74) is 0. The molecule has 114 valence electrons. The van der Waals surface area contributed by atoms with E-state index in [2.05, 4.69) is 6.92 Å².